The van der Waals surface area contributed by atoms with Gasteiger partial charge in [-0.05, 0) is 56.5 Å². The Kier molecular flexibility index (Phi) is 1.99. The van der Waals surface area contributed by atoms with Gasteiger partial charge < -0.3 is 4.90 Å². The van der Waals surface area contributed by atoms with Gasteiger partial charge in [0, 0.05) is 6.54 Å². The van der Waals surface area contributed by atoms with Gasteiger partial charge in [-0.3, -0.25) is 0 Å². The van der Waals surface area contributed by atoms with Crippen LogP contribution in [0.15, 0.2) is 0 Å². The molecule has 76 valence electrons. The quantitative estimate of drug-likeness (QED) is 0.633. The van der Waals surface area contributed by atoms with E-state index in [-0.39, 0.29) is 0 Å². The summed E-state index contributed by atoms with van der Waals surface area (Å²) < 4.78 is 0. The molecule has 0 aliphatic heterocycles. The lowest BCUT2D eigenvalue weighted by Gasteiger charge is -2.42. The average molecular weight is 181 g/mol. The standard InChI is InChI=1S/C12H23N/c1-11(9-13(3)4)7-10-5-6-12(10,2)8-11/h10H,5-9H2,1-4H3/t10?,11-,12?/m0/s1. The molecule has 0 N–H and O–H groups in total. The van der Waals surface area contributed by atoms with Crippen LogP contribution >= 0.6 is 0 Å². The van der Waals surface area contributed by atoms with Crippen molar-refractivity contribution in [1.29, 1.82) is 0 Å². The van der Waals surface area contributed by atoms with E-state index in [9.17, 15) is 0 Å². The molecule has 2 saturated carbocycles. The van der Waals surface area contributed by atoms with Crippen molar-refractivity contribution in [3.63, 3.8) is 0 Å². The van der Waals surface area contributed by atoms with Crippen molar-refractivity contribution >= 4 is 0 Å². The van der Waals surface area contributed by atoms with Crippen LogP contribution in [0.3, 0.4) is 0 Å². The number of rotatable bonds is 2. The van der Waals surface area contributed by atoms with Crippen LogP contribution in [0.2, 0.25) is 0 Å². The van der Waals surface area contributed by atoms with Crippen LogP contribution in [0, 0.1) is 16.7 Å². The number of nitrogens with zero attached hydrogens (tertiary/aromatic N) is 1. The van der Waals surface area contributed by atoms with E-state index in [4.69, 9.17) is 0 Å². The van der Waals surface area contributed by atoms with Crippen molar-refractivity contribution in [2.24, 2.45) is 16.7 Å². The first-order valence-corrected chi connectivity index (χ1v) is 5.58. The fourth-order valence-corrected chi connectivity index (χ4v) is 3.95. The molecule has 2 aliphatic rings. The van der Waals surface area contributed by atoms with Gasteiger partial charge in [-0.15, -0.1) is 0 Å². The number of fused-ring (bicyclic) bond motifs is 1. The monoisotopic (exact) mass is 181 g/mol. The van der Waals surface area contributed by atoms with Crippen molar-refractivity contribution in [2.45, 2.75) is 39.5 Å². The Morgan fingerprint density at radius 3 is 2.31 bits per heavy atom. The maximum absolute atomic E-state index is 2.50. The van der Waals surface area contributed by atoms with Gasteiger partial charge in [-0.25, -0.2) is 0 Å². The van der Waals surface area contributed by atoms with Gasteiger partial charge in [0.2, 0.25) is 0 Å². The first-order chi connectivity index (χ1) is 5.94. The predicted molar refractivity (Wildman–Crippen MR) is 56.7 cm³/mol. The Labute approximate surface area is 82.5 Å². The minimum absolute atomic E-state index is 0.611. The number of hydrogen-bond acceptors (Lipinski definition) is 1. The first-order valence-electron chi connectivity index (χ1n) is 5.58. The molecule has 13 heavy (non-hydrogen) atoms. The summed E-state index contributed by atoms with van der Waals surface area (Å²) in [5.41, 5.74) is 1.34. The third kappa shape index (κ3) is 1.52. The molecule has 0 radical (unpaired) electrons. The van der Waals surface area contributed by atoms with Crippen molar-refractivity contribution in [2.75, 3.05) is 20.6 Å². The molecular formula is C12H23N. The Bertz CT molecular complexity index is 211. The minimum atomic E-state index is 0.611. The molecule has 0 amide bonds. The van der Waals surface area contributed by atoms with E-state index in [1.165, 1.54) is 32.2 Å². The zero-order valence-electron chi connectivity index (χ0n) is 9.56. The average Bonchev–Trinajstić information content (AvgIpc) is 2.10. The van der Waals surface area contributed by atoms with Crippen molar-refractivity contribution in [1.82, 2.24) is 4.90 Å². The third-order valence-electron chi connectivity index (χ3n) is 4.32. The van der Waals surface area contributed by atoms with Crippen LogP contribution in [0.25, 0.3) is 0 Å². The van der Waals surface area contributed by atoms with Gasteiger partial charge in [0.05, 0.1) is 0 Å². The molecular weight excluding hydrogens is 158 g/mol. The van der Waals surface area contributed by atoms with Gasteiger partial charge in [0.1, 0.15) is 0 Å². The topological polar surface area (TPSA) is 3.24 Å². The maximum atomic E-state index is 2.50. The molecule has 0 aromatic heterocycles. The summed E-state index contributed by atoms with van der Waals surface area (Å²) in [5.74, 6) is 1.05. The molecule has 0 saturated heterocycles. The van der Waals surface area contributed by atoms with E-state index in [1.807, 2.05) is 0 Å². The molecule has 3 atom stereocenters. The van der Waals surface area contributed by atoms with Crippen molar-refractivity contribution in [3.8, 4) is 0 Å². The SMILES string of the molecule is CN(C)C[C@@]1(C)CC2CCC2(C)C1. The second kappa shape index (κ2) is 2.73. The molecule has 1 heteroatoms. The maximum Gasteiger partial charge on any atom is 0.00295 e. The van der Waals surface area contributed by atoms with Crippen molar-refractivity contribution < 1.29 is 0 Å². The Morgan fingerprint density at radius 2 is 2.00 bits per heavy atom. The summed E-state index contributed by atoms with van der Waals surface area (Å²) >= 11 is 0. The van der Waals surface area contributed by atoms with E-state index >= 15 is 0 Å². The van der Waals surface area contributed by atoms with Crippen LogP contribution in [-0.2, 0) is 0 Å². The van der Waals surface area contributed by atoms with E-state index in [0.29, 0.717) is 5.41 Å². The van der Waals surface area contributed by atoms with Gasteiger partial charge in [-0.2, -0.15) is 0 Å². The normalized spacial score (nSPS) is 49.2. The molecule has 2 fully saturated rings. The van der Waals surface area contributed by atoms with Crippen LogP contribution in [0.4, 0.5) is 0 Å². The van der Waals surface area contributed by atoms with Crippen LogP contribution < -0.4 is 0 Å². The Balaban J connectivity index is 2.03. The molecule has 0 aromatic rings. The Hall–Kier alpha value is -0.0400. The van der Waals surface area contributed by atoms with Gasteiger partial charge in [0.15, 0.2) is 0 Å². The molecule has 1 nitrogen and oxygen atoms in total. The summed E-state index contributed by atoms with van der Waals surface area (Å²) in [6.45, 7) is 6.26. The highest BCUT2D eigenvalue weighted by Gasteiger charge is 2.54. The molecule has 2 unspecified atom stereocenters. The van der Waals surface area contributed by atoms with Crippen LogP contribution in [0.5, 0.6) is 0 Å². The fourth-order valence-electron chi connectivity index (χ4n) is 3.95. The molecule has 0 aromatic carbocycles. The Morgan fingerprint density at radius 1 is 1.31 bits per heavy atom. The van der Waals surface area contributed by atoms with E-state index < -0.39 is 0 Å². The second-order valence-electron chi connectivity index (χ2n) is 6.32. The van der Waals surface area contributed by atoms with Crippen LogP contribution in [0.1, 0.15) is 39.5 Å². The summed E-state index contributed by atoms with van der Waals surface area (Å²) in [4.78, 5) is 2.36. The predicted octanol–water partition coefficient (Wildman–Crippen LogP) is 2.76. The van der Waals surface area contributed by atoms with Gasteiger partial charge in [-0.1, -0.05) is 13.8 Å². The number of hydrogen-bond donors (Lipinski definition) is 0. The van der Waals surface area contributed by atoms with Crippen LogP contribution in [-0.4, -0.2) is 25.5 Å². The highest BCUT2D eigenvalue weighted by Crippen LogP contribution is 2.63. The molecule has 0 heterocycles. The zero-order valence-corrected chi connectivity index (χ0v) is 9.56. The largest absolute Gasteiger partial charge is 0.309 e. The summed E-state index contributed by atoms with van der Waals surface area (Å²) in [5, 5.41) is 0. The lowest BCUT2D eigenvalue weighted by atomic mass is 9.63. The smallest absolute Gasteiger partial charge is 0.00295 e. The minimum Gasteiger partial charge on any atom is -0.309 e. The summed E-state index contributed by atoms with van der Waals surface area (Å²) in [7, 11) is 4.40. The van der Waals surface area contributed by atoms with E-state index in [2.05, 4.69) is 32.8 Å². The van der Waals surface area contributed by atoms with Gasteiger partial charge in [0.25, 0.3) is 0 Å². The highest BCUT2D eigenvalue weighted by atomic mass is 15.1. The lowest BCUT2D eigenvalue weighted by Crippen LogP contribution is -2.32. The molecule has 2 aliphatic carbocycles. The summed E-state index contributed by atoms with van der Waals surface area (Å²) in [6.07, 6.45) is 5.92. The molecule has 0 spiro atoms. The van der Waals surface area contributed by atoms with Gasteiger partial charge >= 0.3 is 0 Å². The highest BCUT2D eigenvalue weighted by molar-refractivity contribution is 5.05. The second-order valence-corrected chi connectivity index (χ2v) is 6.32. The zero-order chi connectivity index (χ0) is 9.69. The molecule has 2 rings (SSSR count). The van der Waals surface area contributed by atoms with Crippen molar-refractivity contribution in [3.05, 3.63) is 0 Å². The molecule has 0 bridgehead atoms. The van der Waals surface area contributed by atoms with E-state index in [1.54, 1.807) is 0 Å². The first kappa shape index (κ1) is 9.51. The van der Waals surface area contributed by atoms with E-state index in [0.717, 1.165) is 11.3 Å². The lowest BCUT2D eigenvalue weighted by molar-refractivity contribution is 0.0855. The third-order valence-corrected chi connectivity index (χ3v) is 4.32. The summed E-state index contributed by atoms with van der Waals surface area (Å²) in [6, 6.07) is 0. The fraction of sp³-hybridized carbons (Fsp3) is 1.00.